The smallest absolute Gasteiger partial charge is 0.345 e. The van der Waals surface area contributed by atoms with Crippen LogP contribution in [0.15, 0.2) is 71.9 Å². The van der Waals surface area contributed by atoms with Crippen molar-refractivity contribution in [1.29, 1.82) is 0 Å². The van der Waals surface area contributed by atoms with Crippen molar-refractivity contribution in [2.75, 3.05) is 0 Å². The molecule has 0 saturated heterocycles. The molecule has 1 aromatic heterocycles. The molecule has 4 aromatic rings. The van der Waals surface area contributed by atoms with E-state index in [-0.39, 0.29) is 22.9 Å². The van der Waals surface area contributed by atoms with Crippen LogP contribution in [0.1, 0.15) is 32.9 Å². The number of aromatic nitrogens is 3. The largest absolute Gasteiger partial charge is 0.416 e. The quantitative estimate of drug-likeness (QED) is 0.249. The second-order valence-electron chi connectivity index (χ2n) is 7.87. The SMILES string of the molecule is Cc1cccc(-n2c(CNC(=O)c3cc(Cl)ccc3Cl)nnc2SCc2cccc(C(F)(F)F)c2)c1. The number of alkyl halides is 3. The number of hydrogen-bond acceptors (Lipinski definition) is 4. The average Bonchev–Trinajstić information content (AvgIpc) is 3.25. The van der Waals surface area contributed by atoms with Crippen LogP contribution in [-0.4, -0.2) is 20.7 Å². The number of aryl methyl sites for hydroxylation is 1. The molecule has 5 nitrogen and oxygen atoms in total. The molecule has 1 N–H and O–H groups in total. The molecule has 0 aliphatic rings. The Labute approximate surface area is 219 Å². The third-order valence-electron chi connectivity index (χ3n) is 5.16. The zero-order chi connectivity index (χ0) is 25.9. The highest BCUT2D eigenvalue weighted by Crippen LogP contribution is 2.32. The van der Waals surface area contributed by atoms with Gasteiger partial charge >= 0.3 is 6.18 Å². The van der Waals surface area contributed by atoms with Gasteiger partial charge in [-0.3, -0.25) is 9.36 Å². The maximum atomic E-state index is 13.1. The van der Waals surface area contributed by atoms with Crippen molar-refractivity contribution in [2.45, 2.75) is 30.6 Å². The molecule has 11 heteroatoms. The second-order valence-corrected chi connectivity index (χ2v) is 9.65. The number of halogens is 5. The van der Waals surface area contributed by atoms with Gasteiger partial charge in [-0.2, -0.15) is 13.2 Å². The molecule has 1 heterocycles. The summed E-state index contributed by atoms with van der Waals surface area (Å²) in [6.45, 7) is 1.97. The fourth-order valence-electron chi connectivity index (χ4n) is 3.45. The van der Waals surface area contributed by atoms with E-state index in [1.165, 1.54) is 30.0 Å². The van der Waals surface area contributed by atoms with E-state index in [1.807, 2.05) is 31.2 Å². The number of carbonyl (C=O) groups excluding carboxylic acids is 1. The summed E-state index contributed by atoms with van der Waals surface area (Å²) in [5.41, 5.74) is 1.78. The van der Waals surface area contributed by atoms with Crippen LogP contribution in [0.2, 0.25) is 10.0 Å². The van der Waals surface area contributed by atoms with E-state index in [4.69, 9.17) is 23.2 Å². The third-order valence-corrected chi connectivity index (χ3v) is 6.73. The molecule has 0 aliphatic carbocycles. The molecular formula is C25H19Cl2F3N4OS. The molecule has 0 spiro atoms. The normalized spacial score (nSPS) is 11.5. The Morgan fingerprint density at radius 3 is 2.56 bits per heavy atom. The Balaban J connectivity index is 1.59. The van der Waals surface area contributed by atoms with Gasteiger partial charge in [-0.1, -0.05) is 65.3 Å². The third kappa shape index (κ3) is 6.21. The fourth-order valence-corrected chi connectivity index (χ4v) is 4.74. The van der Waals surface area contributed by atoms with Crippen molar-refractivity contribution in [3.63, 3.8) is 0 Å². The van der Waals surface area contributed by atoms with Gasteiger partial charge in [0.2, 0.25) is 0 Å². The monoisotopic (exact) mass is 550 g/mol. The first-order chi connectivity index (χ1) is 17.1. The summed E-state index contributed by atoms with van der Waals surface area (Å²) < 4.78 is 41.1. The minimum Gasteiger partial charge on any atom is -0.345 e. The molecule has 0 atom stereocenters. The summed E-state index contributed by atoms with van der Waals surface area (Å²) in [7, 11) is 0. The van der Waals surface area contributed by atoms with Gasteiger partial charge in [0, 0.05) is 16.5 Å². The molecular weight excluding hydrogens is 532 g/mol. The second kappa shape index (κ2) is 10.9. The summed E-state index contributed by atoms with van der Waals surface area (Å²) in [6.07, 6.45) is -4.42. The molecule has 36 heavy (non-hydrogen) atoms. The first-order valence-electron chi connectivity index (χ1n) is 10.7. The van der Waals surface area contributed by atoms with Crippen LogP contribution in [0.4, 0.5) is 13.2 Å². The van der Waals surface area contributed by atoms with Crippen LogP contribution in [-0.2, 0) is 18.5 Å². The summed E-state index contributed by atoms with van der Waals surface area (Å²) in [4.78, 5) is 12.7. The van der Waals surface area contributed by atoms with Crippen molar-refractivity contribution < 1.29 is 18.0 Å². The number of amides is 1. The maximum Gasteiger partial charge on any atom is 0.416 e. The van der Waals surface area contributed by atoms with Crippen LogP contribution in [0.25, 0.3) is 5.69 Å². The van der Waals surface area contributed by atoms with Crippen LogP contribution < -0.4 is 5.32 Å². The first-order valence-corrected chi connectivity index (χ1v) is 12.4. The average molecular weight is 551 g/mol. The van der Waals surface area contributed by atoms with Crippen molar-refractivity contribution in [3.05, 3.63) is 105 Å². The topological polar surface area (TPSA) is 59.8 Å². The summed E-state index contributed by atoms with van der Waals surface area (Å²) in [5.74, 6) is 0.260. The number of nitrogens with one attached hydrogen (secondary N) is 1. The molecule has 0 aliphatic heterocycles. The lowest BCUT2D eigenvalue weighted by atomic mass is 10.1. The Morgan fingerprint density at radius 2 is 1.81 bits per heavy atom. The lowest BCUT2D eigenvalue weighted by molar-refractivity contribution is -0.137. The molecule has 4 rings (SSSR count). The molecule has 0 saturated carbocycles. The lowest BCUT2D eigenvalue weighted by Gasteiger charge is -2.12. The number of hydrogen-bond donors (Lipinski definition) is 1. The number of nitrogens with zero attached hydrogens (tertiary/aromatic N) is 3. The Morgan fingerprint density at radius 1 is 1.03 bits per heavy atom. The van der Waals surface area contributed by atoms with Gasteiger partial charge in [0.05, 0.1) is 22.7 Å². The van der Waals surface area contributed by atoms with Gasteiger partial charge in [-0.15, -0.1) is 10.2 Å². The fraction of sp³-hybridized carbons (Fsp3) is 0.160. The highest BCUT2D eigenvalue weighted by atomic mass is 35.5. The van der Waals surface area contributed by atoms with E-state index in [9.17, 15) is 18.0 Å². The number of carbonyl (C=O) groups is 1. The summed E-state index contributed by atoms with van der Waals surface area (Å²) in [5, 5.41) is 12.4. The van der Waals surface area contributed by atoms with E-state index in [2.05, 4.69) is 15.5 Å². The number of rotatable bonds is 7. The van der Waals surface area contributed by atoms with Crippen molar-refractivity contribution >= 4 is 40.9 Å². The molecule has 3 aromatic carbocycles. The predicted octanol–water partition coefficient (Wildman–Crippen LogP) is 7.12. The predicted molar refractivity (Wildman–Crippen MR) is 135 cm³/mol. The van der Waals surface area contributed by atoms with Gasteiger partial charge < -0.3 is 5.32 Å². The van der Waals surface area contributed by atoms with Crippen LogP contribution in [0.3, 0.4) is 0 Å². The highest BCUT2D eigenvalue weighted by Gasteiger charge is 2.30. The molecule has 0 bridgehead atoms. The molecule has 1 amide bonds. The van der Waals surface area contributed by atoms with Gasteiger partial charge in [-0.05, 0) is 54.4 Å². The Bertz CT molecular complexity index is 1410. The Kier molecular flexibility index (Phi) is 7.92. The van der Waals surface area contributed by atoms with E-state index < -0.39 is 17.6 Å². The summed E-state index contributed by atoms with van der Waals surface area (Å²) >= 11 is 13.4. The molecule has 186 valence electrons. The standard InChI is InChI=1S/C25H19Cl2F3N4OS/c1-15-4-2-7-19(10-15)34-22(13-31-23(35)20-12-18(26)8-9-21(20)27)32-33-24(34)36-14-16-5-3-6-17(11-16)25(28,29)30/h2-12H,13-14H2,1H3,(H,31,35). The first kappa shape index (κ1) is 26.1. The maximum absolute atomic E-state index is 13.1. The lowest BCUT2D eigenvalue weighted by Crippen LogP contribution is -2.25. The number of benzene rings is 3. The van der Waals surface area contributed by atoms with Gasteiger partial charge in [0.15, 0.2) is 11.0 Å². The Hall–Kier alpha value is -3.01. The van der Waals surface area contributed by atoms with Gasteiger partial charge in [-0.25, -0.2) is 0 Å². The van der Waals surface area contributed by atoms with E-state index in [0.717, 1.165) is 23.4 Å². The van der Waals surface area contributed by atoms with Crippen LogP contribution >= 0.6 is 35.0 Å². The highest BCUT2D eigenvalue weighted by molar-refractivity contribution is 7.98. The minimum atomic E-state index is -4.42. The molecule has 0 unspecified atom stereocenters. The van der Waals surface area contributed by atoms with Crippen LogP contribution in [0, 0.1) is 6.92 Å². The van der Waals surface area contributed by atoms with E-state index >= 15 is 0 Å². The molecule has 0 fully saturated rings. The minimum absolute atomic E-state index is 0.0345. The summed E-state index contributed by atoms with van der Waals surface area (Å²) in [6, 6.07) is 17.4. The van der Waals surface area contributed by atoms with Crippen molar-refractivity contribution in [3.8, 4) is 5.69 Å². The van der Waals surface area contributed by atoms with Crippen molar-refractivity contribution in [2.24, 2.45) is 0 Å². The van der Waals surface area contributed by atoms with Gasteiger partial charge in [0.1, 0.15) is 0 Å². The van der Waals surface area contributed by atoms with E-state index in [0.29, 0.717) is 21.6 Å². The van der Waals surface area contributed by atoms with E-state index in [1.54, 1.807) is 16.7 Å². The molecule has 0 radical (unpaired) electrons. The van der Waals surface area contributed by atoms with Crippen molar-refractivity contribution in [1.82, 2.24) is 20.1 Å². The zero-order valence-corrected chi connectivity index (χ0v) is 21.1. The van der Waals surface area contributed by atoms with Gasteiger partial charge in [0.25, 0.3) is 5.91 Å². The van der Waals surface area contributed by atoms with Crippen LogP contribution in [0.5, 0.6) is 0 Å². The zero-order valence-electron chi connectivity index (χ0n) is 18.8. The number of thioether (sulfide) groups is 1.